The average molecular weight is 327 g/mol. The summed E-state index contributed by atoms with van der Waals surface area (Å²) >= 11 is 6.19. The van der Waals surface area contributed by atoms with Crippen LogP contribution in [-0.2, 0) is 6.54 Å². The number of benzene rings is 1. The van der Waals surface area contributed by atoms with Crippen LogP contribution in [-0.4, -0.2) is 20.7 Å². The van der Waals surface area contributed by atoms with E-state index in [-0.39, 0.29) is 5.91 Å². The van der Waals surface area contributed by atoms with Gasteiger partial charge >= 0.3 is 0 Å². The summed E-state index contributed by atoms with van der Waals surface area (Å²) in [7, 11) is 0. The Labute approximate surface area is 138 Å². The number of hydrogen-bond acceptors (Lipinski definition) is 3. The standard InChI is InChI=1S/C17H15ClN4O/c1-12-14(17(23)20-10-13-6-4-5-9-19-13)11-21-22(12)16-8-3-2-7-15(16)18/h2-9,11H,10H2,1H3,(H,20,23). The molecular weight excluding hydrogens is 312 g/mol. The largest absolute Gasteiger partial charge is 0.346 e. The Bertz CT molecular complexity index is 830. The minimum Gasteiger partial charge on any atom is -0.346 e. The zero-order valence-corrected chi connectivity index (χ0v) is 13.3. The van der Waals surface area contributed by atoms with Crippen molar-refractivity contribution in [2.45, 2.75) is 13.5 Å². The van der Waals surface area contributed by atoms with Gasteiger partial charge in [0.2, 0.25) is 0 Å². The Morgan fingerprint density at radius 2 is 2.00 bits per heavy atom. The third-order valence-corrected chi connectivity index (χ3v) is 3.81. The fourth-order valence-corrected chi connectivity index (χ4v) is 2.48. The van der Waals surface area contributed by atoms with E-state index in [0.29, 0.717) is 17.1 Å². The van der Waals surface area contributed by atoms with Crippen molar-refractivity contribution in [2.75, 3.05) is 0 Å². The fraction of sp³-hybridized carbons (Fsp3) is 0.118. The van der Waals surface area contributed by atoms with Gasteiger partial charge in [0.05, 0.1) is 40.4 Å². The third-order valence-electron chi connectivity index (χ3n) is 3.49. The topological polar surface area (TPSA) is 59.8 Å². The lowest BCUT2D eigenvalue weighted by atomic mass is 10.2. The Morgan fingerprint density at radius 1 is 1.22 bits per heavy atom. The van der Waals surface area contributed by atoms with Gasteiger partial charge in [-0.2, -0.15) is 5.10 Å². The van der Waals surface area contributed by atoms with Crippen molar-refractivity contribution >= 4 is 17.5 Å². The first-order chi connectivity index (χ1) is 11.2. The third kappa shape index (κ3) is 3.24. The second kappa shape index (κ2) is 6.62. The molecule has 0 atom stereocenters. The van der Waals surface area contributed by atoms with Crippen LogP contribution in [0, 0.1) is 6.92 Å². The molecule has 0 spiro atoms. The van der Waals surface area contributed by atoms with Crippen LogP contribution in [0.25, 0.3) is 5.69 Å². The zero-order valence-electron chi connectivity index (χ0n) is 12.5. The number of halogens is 1. The Hall–Kier alpha value is -2.66. The Balaban J connectivity index is 1.79. The van der Waals surface area contributed by atoms with Crippen LogP contribution >= 0.6 is 11.6 Å². The van der Waals surface area contributed by atoms with Crippen molar-refractivity contribution in [3.8, 4) is 5.69 Å². The highest BCUT2D eigenvalue weighted by molar-refractivity contribution is 6.32. The molecule has 0 aliphatic heterocycles. The number of nitrogens with one attached hydrogen (secondary N) is 1. The van der Waals surface area contributed by atoms with Crippen LogP contribution in [0.3, 0.4) is 0 Å². The van der Waals surface area contributed by atoms with Gasteiger partial charge in [-0.25, -0.2) is 4.68 Å². The maximum atomic E-state index is 12.3. The van der Waals surface area contributed by atoms with E-state index in [9.17, 15) is 4.79 Å². The molecule has 3 rings (SSSR count). The highest BCUT2D eigenvalue weighted by atomic mass is 35.5. The SMILES string of the molecule is Cc1c(C(=O)NCc2ccccn2)cnn1-c1ccccc1Cl. The molecule has 0 radical (unpaired) electrons. The van der Waals surface area contributed by atoms with E-state index < -0.39 is 0 Å². The summed E-state index contributed by atoms with van der Waals surface area (Å²) in [4.78, 5) is 16.5. The fourth-order valence-electron chi connectivity index (χ4n) is 2.27. The Kier molecular flexibility index (Phi) is 4.39. The van der Waals surface area contributed by atoms with Gasteiger partial charge in [-0.15, -0.1) is 0 Å². The van der Waals surface area contributed by atoms with Crippen molar-refractivity contribution in [1.82, 2.24) is 20.1 Å². The summed E-state index contributed by atoms with van der Waals surface area (Å²) < 4.78 is 1.66. The van der Waals surface area contributed by atoms with Gasteiger partial charge in [-0.1, -0.05) is 29.8 Å². The molecule has 23 heavy (non-hydrogen) atoms. The normalized spacial score (nSPS) is 10.5. The molecule has 0 bridgehead atoms. The number of rotatable bonds is 4. The highest BCUT2D eigenvalue weighted by Crippen LogP contribution is 2.21. The van der Waals surface area contributed by atoms with Gasteiger partial charge in [0.15, 0.2) is 0 Å². The number of nitrogens with zero attached hydrogens (tertiary/aromatic N) is 3. The van der Waals surface area contributed by atoms with Crippen LogP contribution in [0.15, 0.2) is 54.9 Å². The van der Waals surface area contributed by atoms with Gasteiger partial charge in [-0.3, -0.25) is 9.78 Å². The van der Waals surface area contributed by atoms with Crippen molar-refractivity contribution < 1.29 is 4.79 Å². The molecule has 1 amide bonds. The minimum absolute atomic E-state index is 0.188. The number of aromatic nitrogens is 3. The molecule has 1 N–H and O–H groups in total. The van der Waals surface area contributed by atoms with Gasteiger partial charge in [0.25, 0.3) is 5.91 Å². The van der Waals surface area contributed by atoms with E-state index in [1.807, 2.05) is 43.3 Å². The van der Waals surface area contributed by atoms with Crippen LogP contribution in [0.1, 0.15) is 21.7 Å². The number of para-hydroxylation sites is 1. The van der Waals surface area contributed by atoms with Crippen LogP contribution < -0.4 is 5.32 Å². The van der Waals surface area contributed by atoms with E-state index >= 15 is 0 Å². The lowest BCUT2D eigenvalue weighted by Gasteiger charge is -2.08. The molecular formula is C17H15ClN4O. The molecule has 3 aromatic rings. The van der Waals surface area contributed by atoms with Crippen LogP contribution in [0.4, 0.5) is 0 Å². The first kappa shape index (κ1) is 15.2. The molecule has 1 aromatic carbocycles. The predicted molar refractivity (Wildman–Crippen MR) is 88.7 cm³/mol. The first-order valence-corrected chi connectivity index (χ1v) is 7.52. The lowest BCUT2D eigenvalue weighted by molar-refractivity contribution is 0.0950. The summed E-state index contributed by atoms with van der Waals surface area (Å²) in [6.45, 7) is 2.21. The number of pyridine rings is 1. The maximum Gasteiger partial charge on any atom is 0.255 e. The molecule has 0 saturated heterocycles. The van der Waals surface area contributed by atoms with Gasteiger partial charge in [0.1, 0.15) is 0 Å². The summed E-state index contributed by atoms with van der Waals surface area (Å²) in [5.74, 6) is -0.188. The molecule has 116 valence electrons. The summed E-state index contributed by atoms with van der Waals surface area (Å²) in [6, 6.07) is 13.0. The summed E-state index contributed by atoms with van der Waals surface area (Å²) in [6.07, 6.45) is 3.24. The van der Waals surface area contributed by atoms with Gasteiger partial charge < -0.3 is 5.32 Å². The molecule has 0 fully saturated rings. The molecule has 2 aromatic heterocycles. The summed E-state index contributed by atoms with van der Waals surface area (Å²) in [5.41, 5.74) is 2.80. The smallest absolute Gasteiger partial charge is 0.255 e. The average Bonchev–Trinajstić information content (AvgIpc) is 2.95. The molecule has 0 aliphatic rings. The lowest BCUT2D eigenvalue weighted by Crippen LogP contribution is -2.23. The molecule has 0 aliphatic carbocycles. The second-order valence-corrected chi connectivity index (χ2v) is 5.42. The molecule has 0 unspecified atom stereocenters. The minimum atomic E-state index is -0.188. The van der Waals surface area contributed by atoms with E-state index in [4.69, 9.17) is 11.6 Å². The van der Waals surface area contributed by atoms with E-state index in [1.54, 1.807) is 23.1 Å². The van der Waals surface area contributed by atoms with E-state index in [2.05, 4.69) is 15.4 Å². The van der Waals surface area contributed by atoms with Crippen molar-refractivity contribution in [3.05, 3.63) is 76.8 Å². The zero-order chi connectivity index (χ0) is 16.2. The summed E-state index contributed by atoms with van der Waals surface area (Å²) in [5, 5.41) is 7.71. The molecule has 5 nitrogen and oxygen atoms in total. The monoisotopic (exact) mass is 326 g/mol. The quantitative estimate of drug-likeness (QED) is 0.801. The highest BCUT2D eigenvalue weighted by Gasteiger charge is 2.16. The van der Waals surface area contributed by atoms with E-state index in [0.717, 1.165) is 17.1 Å². The predicted octanol–water partition coefficient (Wildman–Crippen LogP) is 3.16. The number of amides is 1. The van der Waals surface area contributed by atoms with Crippen LogP contribution in [0.2, 0.25) is 5.02 Å². The first-order valence-electron chi connectivity index (χ1n) is 7.14. The number of carbonyl (C=O) groups excluding carboxylic acids is 1. The number of carbonyl (C=O) groups is 1. The number of hydrogen-bond donors (Lipinski definition) is 1. The second-order valence-electron chi connectivity index (χ2n) is 5.01. The van der Waals surface area contributed by atoms with Crippen LogP contribution in [0.5, 0.6) is 0 Å². The molecule has 2 heterocycles. The molecule has 0 saturated carbocycles. The van der Waals surface area contributed by atoms with Gasteiger partial charge in [0, 0.05) is 6.20 Å². The molecule has 6 heteroatoms. The van der Waals surface area contributed by atoms with Gasteiger partial charge in [-0.05, 0) is 31.2 Å². The maximum absolute atomic E-state index is 12.3. The van der Waals surface area contributed by atoms with Crippen molar-refractivity contribution in [3.63, 3.8) is 0 Å². The van der Waals surface area contributed by atoms with Crippen molar-refractivity contribution in [2.24, 2.45) is 0 Å². The Morgan fingerprint density at radius 3 is 2.74 bits per heavy atom. The van der Waals surface area contributed by atoms with E-state index in [1.165, 1.54) is 0 Å². The van der Waals surface area contributed by atoms with Crippen molar-refractivity contribution in [1.29, 1.82) is 0 Å².